The third kappa shape index (κ3) is 59.5. The van der Waals surface area contributed by atoms with E-state index in [1.165, 1.54) is 244 Å². The van der Waals surface area contributed by atoms with Gasteiger partial charge in [0.2, 0.25) is 0 Å². The largest absolute Gasteiger partial charge is 0.472 e. The molecule has 0 aromatic heterocycles. The molecule has 0 rings (SSSR count). The fourth-order valence-corrected chi connectivity index (χ4v) is 10.3. The summed E-state index contributed by atoms with van der Waals surface area (Å²) in [5.74, 6) is -0.815. The van der Waals surface area contributed by atoms with E-state index >= 15 is 0 Å². The molecule has 0 aliphatic carbocycles. The van der Waals surface area contributed by atoms with Crippen LogP contribution in [0.5, 0.6) is 0 Å². The maximum absolute atomic E-state index is 12.7. The lowest BCUT2D eigenvalue weighted by Gasteiger charge is -2.19. The number of hydrogen-bond acceptors (Lipinski definition) is 8. The molecular formula is C64H122NO8P. The van der Waals surface area contributed by atoms with Gasteiger partial charge in [0.25, 0.3) is 0 Å². The summed E-state index contributed by atoms with van der Waals surface area (Å²) in [5, 5.41) is 0. The molecule has 10 heteroatoms. The van der Waals surface area contributed by atoms with Crippen molar-refractivity contribution >= 4 is 19.8 Å². The Morgan fingerprint density at radius 1 is 0.405 bits per heavy atom. The summed E-state index contributed by atoms with van der Waals surface area (Å²) in [6, 6.07) is 0. The highest BCUT2D eigenvalue weighted by Gasteiger charge is 2.26. The number of phosphoric acid groups is 1. The van der Waals surface area contributed by atoms with Crippen LogP contribution in [0.1, 0.15) is 328 Å². The Hall–Kier alpha value is -1.77. The Morgan fingerprint density at radius 2 is 0.703 bits per heavy atom. The number of unbranched alkanes of at least 4 members (excludes halogenated alkanes) is 42. The first-order valence-corrected chi connectivity index (χ1v) is 33.5. The number of rotatable bonds is 61. The first kappa shape index (κ1) is 72.2. The van der Waals surface area contributed by atoms with Crippen LogP contribution in [0.2, 0.25) is 0 Å². The molecule has 0 saturated carbocycles. The molecule has 0 amide bonds. The summed E-state index contributed by atoms with van der Waals surface area (Å²) in [4.78, 5) is 35.3. The predicted octanol–water partition coefficient (Wildman–Crippen LogP) is 20.4. The molecule has 2 atom stereocenters. The second kappa shape index (κ2) is 60.5. The molecular weight excluding hydrogens is 942 g/mol. The first-order valence-electron chi connectivity index (χ1n) is 32.0. The third-order valence-electron chi connectivity index (χ3n) is 14.3. The van der Waals surface area contributed by atoms with E-state index in [-0.39, 0.29) is 38.6 Å². The van der Waals surface area contributed by atoms with E-state index in [4.69, 9.17) is 24.3 Å². The molecule has 0 saturated heterocycles. The molecule has 74 heavy (non-hydrogen) atoms. The van der Waals surface area contributed by atoms with E-state index < -0.39 is 26.5 Å². The molecule has 436 valence electrons. The van der Waals surface area contributed by atoms with Gasteiger partial charge in [0.1, 0.15) is 6.61 Å². The summed E-state index contributed by atoms with van der Waals surface area (Å²) in [6.45, 7) is 3.79. The Labute approximate surface area is 458 Å². The molecule has 0 aliphatic heterocycles. The van der Waals surface area contributed by atoms with Gasteiger partial charge in [0.05, 0.1) is 13.2 Å². The number of phosphoric ester groups is 1. The van der Waals surface area contributed by atoms with Crippen LogP contribution in [-0.2, 0) is 32.7 Å². The van der Waals surface area contributed by atoms with Crippen LogP contribution in [0.25, 0.3) is 0 Å². The number of carbonyl (C=O) groups is 2. The summed E-state index contributed by atoms with van der Waals surface area (Å²) >= 11 is 0. The quantitative estimate of drug-likeness (QED) is 0.0264. The van der Waals surface area contributed by atoms with Crippen LogP contribution in [0.3, 0.4) is 0 Å². The van der Waals surface area contributed by atoms with Crippen LogP contribution in [0.4, 0.5) is 0 Å². The molecule has 2 unspecified atom stereocenters. The Bertz CT molecular complexity index is 1310. The van der Waals surface area contributed by atoms with Gasteiger partial charge < -0.3 is 20.1 Å². The van der Waals surface area contributed by atoms with Gasteiger partial charge in [-0.3, -0.25) is 18.6 Å². The van der Waals surface area contributed by atoms with E-state index in [1.54, 1.807) is 0 Å². The maximum Gasteiger partial charge on any atom is 0.472 e. The normalized spacial score (nSPS) is 13.2. The van der Waals surface area contributed by atoms with Crippen molar-refractivity contribution < 1.29 is 37.6 Å². The standard InChI is InChI=1S/C64H122NO8P/c1-3-5-7-9-11-13-15-17-19-21-23-25-27-29-30-31-33-34-36-38-40-42-44-46-48-50-52-54-56-63(66)70-60-62(61-72-74(68,69)71-59-58-65)73-64(67)57-55-53-51-49-47-45-43-41-39-37-35-32-28-26-24-22-20-18-16-14-12-10-8-6-4-2/h16,18,22,24,28,32,62H,3-15,17,19-21,23,25-27,29-31,33-61,65H2,1-2H3,(H,68,69)/b18-16-,24-22-,32-28-. The summed E-state index contributed by atoms with van der Waals surface area (Å²) in [7, 11) is -4.39. The van der Waals surface area contributed by atoms with Crippen molar-refractivity contribution in [1.29, 1.82) is 0 Å². The van der Waals surface area contributed by atoms with Crippen molar-refractivity contribution in [3.63, 3.8) is 0 Å². The minimum Gasteiger partial charge on any atom is -0.462 e. The van der Waals surface area contributed by atoms with Crippen molar-refractivity contribution in [3.05, 3.63) is 36.5 Å². The van der Waals surface area contributed by atoms with E-state index in [2.05, 4.69) is 50.3 Å². The minimum absolute atomic E-state index is 0.0540. The van der Waals surface area contributed by atoms with Crippen molar-refractivity contribution in [3.8, 4) is 0 Å². The number of hydrogen-bond donors (Lipinski definition) is 2. The van der Waals surface area contributed by atoms with Gasteiger partial charge in [-0.2, -0.15) is 0 Å². The van der Waals surface area contributed by atoms with Crippen molar-refractivity contribution in [2.24, 2.45) is 5.73 Å². The zero-order chi connectivity index (χ0) is 53.8. The lowest BCUT2D eigenvalue weighted by Crippen LogP contribution is -2.29. The molecule has 0 fully saturated rings. The topological polar surface area (TPSA) is 134 Å². The Balaban J connectivity index is 3.89. The van der Waals surface area contributed by atoms with E-state index in [1.807, 2.05) is 0 Å². The lowest BCUT2D eigenvalue weighted by molar-refractivity contribution is -0.161. The van der Waals surface area contributed by atoms with Crippen LogP contribution < -0.4 is 5.73 Å². The van der Waals surface area contributed by atoms with Gasteiger partial charge in [-0.05, 0) is 51.4 Å². The highest BCUT2D eigenvalue weighted by Crippen LogP contribution is 2.43. The number of carbonyl (C=O) groups excluding carboxylic acids is 2. The van der Waals surface area contributed by atoms with Crippen LogP contribution >= 0.6 is 7.82 Å². The predicted molar refractivity (Wildman–Crippen MR) is 317 cm³/mol. The fourth-order valence-electron chi connectivity index (χ4n) is 9.53. The molecule has 9 nitrogen and oxygen atoms in total. The number of esters is 2. The van der Waals surface area contributed by atoms with Crippen molar-refractivity contribution in [2.45, 2.75) is 335 Å². The molecule has 0 radical (unpaired) electrons. The number of allylic oxidation sites excluding steroid dienone is 6. The zero-order valence-corrected chi connectivity index (χ0v) is 49.7. The van der Waals surface area contributed by atoms with Gasteiger partial charge >= 0.3 is 19.8 Å². The van der Waals surface area contributed by atoms with Gasteiger partial charge in [-0.25, -0.2) is 4.57 Å². The second-order valence-corrected chi connectivity index (χ2v) is 23.1. The van der Waals surface area contributed by atoms with E-state index in [9.17, 15) is 19.0 Å². The van der Waals surface area contributed by atoms with E-state index in [0.717, 1.165) is 51.4 Å². The molecule has 0 spiro atoms. The van der Waals surface area contributed by atoms with E-state index in [0.29, 0.717) is 6.42 Å². The smallest absolute Gasteiger partial charge is 0.462 e. The van der Waals surface area contributed by atoms with Gasteiger partial charge in [0.15, 0.2) is 6.10 Å². The molecule has 0 bridgehead atoms. The van der Waals surface area contributed by atoms with Crippen molar-refractivity contribution in [1.82, 2.24) is 0 Å². The summed E-state index contributed by atoms with van der Waals surface area (Å²) in [6.07, 6.45) is 73.6. The minimum atomic E-state index is -4.39. The van der Waals surface area contributed by atoms with Gasteiger partial charge in [-0.1, -0.05) is 301 Å². The number of nitrogens with two attached hydrogens (primary N) is 1. The van der Waals surface area contributed by atoms with Gasteiger partial charge in [0, 0.05) is 19.4 Å². The maximum atomic E-state index is 12.7. The van der Waals surface area contributed by atoms with Crippen LogP contribution in [-0.4, -0.2) is 49.3 Å². The van der Waals surface area contributed by atoms with Crippen LogP contribution in [0, 0.1) is 0 Å². The molecule has 0 aromatic rings. The SMILES string of the molecule is CCCCCCC/C=C\C/C=C\C/C=C\CCCCCCCCCCCCC(=O)OC(COC(=O)CCCCCCCCCCCCCCCCCCCCCCCCCCCCCC)COP(=O)(O)OCCN. The second-order valence-electron chi connectivity index (χ2n) is 21.6. The summed E-state index contributed by atoms with van der Waals surface area (Å²) < 4.78 is 33.1. The first-order chi connectivity index (χ1) is 36.3. The fraction of sp³-hybridized carbons (Fsp3) is 0.875. The Morgan fingerprint density at radius 3 is 1.04 bits per heavy atom. The molecule has 0 heterocycles. The molecule has 3 N–H and O–H groups in total. The lowest BCUT2D eigenvalue weighted by atomic mass is 10.0. The number of ether oxygens (including phenoxy) is 2. The average molecular weight is 1060 g/mol. The van der Waals surface area contributed by atoms with Gasteiger partial charge in [-0.15, -0.1) is 0 Å². The Kier molecular flexibility index (Phi) is 59.0. The monoisotopic (exact) mass is 1060 g/mol. The van der Waals surface area contributed by atoms with Crippen LogP contribution in [0.15, 0.2) is 36.5 Å². The van der Waals surface area contributed by atoms with Crippen molar-refractivity contribution in [2.75, 3.05) is 26.4 Å². The highest BCUT2D eigenvalue weighted by atomic mass is 31.2. The third-order valence-corrected chi connectivity index (χ3v) is 15.3. The molecule has 0 aromatic carbocycles. The highest BCUT2D eigenvalue weighted by molar-refractivity contribution is 7.47. The average Bonchev–Trinajstić information content (AvgIpc) is 3.39. The summed E-state index contributed by atoms with van der Waals surface area (Å²) in [5.41, 5.74) is 5.39. The molecule has 0 aliphatic rings. The zero-order valence-electron chi connectivity index (χ0n) is 48.8.